The van der Waals surface area contributed by atoms with Crippen molar-refractivity contribution >= 4 is 39.5 Å². The van der Waals surface area contributed by atoms with Crippen molar-refractivity contribution in [2.75, 3.05) is 39.6 Å². The minimum Gasteiger partial charge on any atom is -0.462 e. The monoisotopic (exact) mass is 1440 g/mol. The Morgan fingerprint density at radius 1 is 0.276 bits per heavy atom. The van der Waals surface area contributed by atoms with E-state index in [1.807, 2.05) is 0 Å². The summed E-state index contributed by atoms with van der Waals surface area (Å²) in [5.41, 5.74) is 0. The number of aliphatic hydroxyl groups excluding tert-OH is 1. The second-order valence-electron chi connectivity index (χ2n) is 28.9. The first-order chi connectivity index (χ1) is 47.5. The molecule has 2 unspecified atom stereocenters. The quantitative estimate of drug-likeness (QED) is 0.0222. The Morgan fingerprint density at radius 3 is 0.694 bits per heavy atom. The molecule has 17 nitrogen and oxygen atoms in total. The van der Waals surface area contributed by atoms with E-state index in [1.54, 1.807) is 0 Å². The highest BCUT2D eigenvalue weighted by Gasteiger charge is 2.30. The number of ether oxygens (including phenoxy) is 4. The Morgan fingerprint density at radius 2 is 0.469 bits per heavy atom. The van der Waals surface area contributed by atoms with E-state index in [2.05, 4.69) is 34.6 Å². The van der Waals surface area contributed by atoms with Crippen LogP contribution in [-0.2, 0) is 65.4 Å². The van der Waals surface area contributed by atoms with Crippen LogP contribution in [0.2, 0.25) is 0 Å². The van der Waals surface area contributed by atoms with Crippen LogP contribution in [-0.4, -0.2) is 96.7 Å². The van der Waals surface area contributed by atoms with Gasteiger partial charge in [-0.15, -0.1) is 0 Å². The average Bonchev–Trinajstić information content (AvgIpc) is 1.07. The van der Waals surface area contributed by atoms with Gasteiger partial charge in [0.05, 0.1) is 26.4 Å². The first-order valence-electron chi connectivity index (χ1n) is 41.1. The molecule has 0 aromatic heterocycles. The lowest BCUT2D eigenvalue weighted by molar-refractivity contribution is -0.161. The molecule has 0 radical (unpaired) electrons. The minimum absolute atomic E-state index is 0.106. The van der Waals surface area contributed by atoms with Gasteiger partial charge in [-0.05, 0) is 31.6 Å². The second-order valence-corrected chi connectivity index (χ2v) is 31.8. The number of phosphoric acid groups is 2. The average molecular weight is 1440 g/mol. The maximum Gasteiger partial charge on any atom is 0.472 e. The van der Waals surface area contributed by atoms with Crippen molar-refractivity contribution in [3.63, 3.8) is 0 Å². The molecule has 0 heterocycles. The number of carbonyl (C=O) groups excluding carboxylic acids is 4. The summed E-state index contributed by atoms with van der Waals surface area (Å²) in [6.45, 7) is 7.28. The van der Waals surface area contributed by atoms with Gasteiger partial charge in [0.25, 0.3) is 0 Å². The molecular weight excluding hydrogens is 1280 g/mol. The third-order valence-corrected chi connectivity index (χ3v) is 20.4. The van der Waals surface area contributed by atoms with Gasteiger partial charge >= 0.3 is 39.5 Å². The smallest absolute Gasteiger partial charge is 0.462 e. The van der Waals surface area contributed by atoms with Crippen LogP contribution in [0.25, 0.3) is 0 Å². The predicted octanol–water partition coefficient (Wildman–Crippen LogP) is 23.6. The molecule has 3 N–H and O–H groups in total. The Labute approximate surface area is 600 Å². The summed E-state index contributed by atoms with van der Waals surface area (Å²) < 4.78 is 68.6. The molecule has 0 aliphatic carbocycles. The molecule has 0 aromatic rings. The third-order valence-electron chi connectivity index (χ3n) is 18.5. The van der Waals surface area contributed by atoms with Gasteiger partial charge in [-0.3, -0.25) is 37.3 Å². The zero-order valence-electron chi connectivity index (χ0n) is 63.9. The number of carbonyl (C=O) groups is 4. The van der Waals surface area contributed by atoms with Crippen LogP contribution in [0.5, 0.6) is 0 Å². The molecule has 0 amide bonds. The molecule has 0 saturated heterocycles. The zero-order valence-corrected chi connectivity index (χ0v) is 65.7. The molecule has 0 aromatic carbocycles. The van der Waals surface area contributed by atoms with Crippen molar-refractivity contribution in [2.24, 2.45) is 5.92 Å². The highest BCUT2D eigenvalue weighted by atomic mass is 31.2. The lowest BCUT2D eigenvalue weighted by atomic mass is 10.0. The van der Waals surface area contributed by atoms with E-state index in [4.69, 9.17) is 37.0 Å². The molecule has 0 aliphatic rings. The maximum absolute atomic E-state index is 13.1. The SMILES string of the molecule is CCCCCCCCCCCCCCCCCCCCCCCCC(=O)O[C@H](COC(=O)CCCCCCCCCCCCCCCC)COP(=O)(O)OC[C@@H](O)COP(=O)(O)OC[C@@H](COC(=O)CCCCCCCCCCCC)OC(=O)CCCCCCCCCCCC(C)C. The van der Waals surface area contributed by atoms with Crippen LogP contribution in [0.3, 0.4) is 0 Å². The Hall–Kier alpha value is -1.94. The highest BCUT2D eigenvalue weighted by Crippen LogP contribution is 2.45. The van der Waals surface area contributed by atoms with Crippen LogP contribution in [0, 0.1) is 5.92 Å². The summed E-state index contributed by atoms with van der Waals surface area (Å²) >= 11 is 0. The summed E-state index contributed by atoms with van der Waals surface area (Å²) in [5, 5.41) is 10.6. The molecule has 98 heavy (non-hydrogen) atoms. The molecule has 5 atom stereocenters. The zero-order chi connectivity index (χ0) is 71.9. The molecule has 582 valence electrons. The number of unbranched alkanes of at least 4 members (excludes halogenated alkanes) is 51. The first kappa shape index (κ1) is 96.1. The van der Waals surface area contributed by atoms with Crippen LogP contribution < -0.4 is 0 Å². The lowest BCUT2D eigenvalue weighted by Crippen LogP contribution is -2.30. The van der Waals surface area contributed by atoms with Gasteiger partial charge in [0.15, 0.2) is 12.2 Å². The molecule has 0 spiro atoms. The summed E-state index contributed by atoms with van der Waals surface area (Å²) in [5.74, 6) is -1.37. The van der Waals surface area contributed by atoms with E-state index >= 15 is 0 Å². The van der Waals surface area contributed by atoms with Crippen molar-refractivity contribution in [2.45, 2.75) is 438 Å². The molecule has 0 rings (SSSR count). The fraction of sp³-hybridized carbons (Fsp3) is 0.949. The van der Waals surface area contributed by atoms with Crippen LogP contribution in [0.4, 0.5) is 0 Å². The number of hydrogen-bond acceptors (Lipinski definition) is 15. The van der Waals surface area contributed by atoms with Crippen LogP contribution in [0.1, 0.15) is 420 Å². The summed E-state index contributed by atoms with van der Waals surface area (Å²) in [7, 11) is -9.91. The Balaban J connectivity index is 5.19. The number of esters is 4. The highest BCUT2D eigenvalue weighted by molar-refractivity contribution is 7.47. The van der Waals surface area contributed by atoms with Crippen LogP contribution in [0.15, 0.2) is 0 Å². The first-order valence-corrected chi connectivity index (χ1v) is 44.1. The largest absolute Gasteiger partial charge is 0.472 e. The van der Waals surface area contributed by atoms with E-state index < -0.39 is 97.5 Å². The van der Waals surface area contributed by atoms with Gasteiger partial charge < -0.3 is 33.8 Å². The molecule has 19 heteroatoms. The normalized spacial score (nSPS) is 13.9. The summed E-state index contributed by atoms with van der Waals surface area (Å²) in [4.78, 5) is 72.9. The fourth-order valence-electron chi connectivity index (χ4n) is 12.2. The van der Waals surface area contributed by atoms with Crippen molar-refractivity contribution in [3.8, 4) is 0 Å². The van der Waals surface area contributed by atoms with Gasteiger partial charge in [-0.25, -0.2) is 9.13 Å². The summed E-state index contributed by atoms with van der Waals surface area (Å²) in [6.07, 6.45) is 62.5. The number of aliphatic hydroxyl groups is 1. The minimum atomic E-state index is -4.96. The molecule has 0 fully saturated rings. The van der Waals surface area contributed by atoms with Gasteiger partial charge in [0.2, 0.25) is 0 Å². The van der Waals surface area contributed by atoms with Crippen LogP contribution >= 0.6 is 15.6 Å². The molecule has 0 aliphatic heterocycles. The van der Waals surface area contributed by atoms with Crippen molar-refractivity contribution in [1.82, 2.24) is 0 Å². The maximum atomic E-state index is 13.1. The standard InChI is InChI=1S/C79H154O17P2/c1-6-9-12-15-18-21-24-26-28-29-30-31-32-33-34-35-37-39-44-49-54-59-64-78(83)95-74(69-90-77(82)63-58-53-48-43-38-36-27-25-22-19-16-13-10-7-2)70-93-97(85,86)91-66-73(80)67-92-98(87,88)94-71-75(68-89-76(81)62-57-52-47-42-23-20-17-14-11-8-3)96-79(84)65-60-55-50-45-40-41-46-51-56-61-72(4)5/h72-75,80H,6-71H2,1-5H3,(H,85,86)(H,87,88)/t73-,74-,75-/m1/s1. The van der Waals surface area contributed by atoms with Gasteiger partial charge in [-0.1, -0.05) is 369 Å². The fourth-order valence-corrected chi connectivity index (χ4v) is 13.8. The molecule has 0 bridgehead atoms. The van der Waals surface area contributed by atoms with Gasteiger partial charge in [0, 0.05) is 25.7 Å². The second kappa shape index (κ2) is 72.0. The van der Waals surface area contributed by atoms with E-state index in [0.717, 1.165) is 95.8 Å². The van der Waals surface area contributed by atoms with E-state index in [-0.39, 0.29) is 25.7 Å². The Kier molecular flexibility index (Phi) is 70.6. The van der Waals surface area contributed by atoms with E-state index in [9.17, 15) is 43.2 Å². The Bertz CT molecular complexity index is 1870. The van der Waals surface area contributed by atoms with Crippen molar-refractivity contribution in [1.29, 1.82) is 0 Å². The molecular formula is C79H154O17P2. The van der Waals surface area contributed by atoms with Crippen molar-refractivity contribution in [3.05, 3.63) is 0 Å². The van der Waals surface area contributed by atoms with Crippen molar-refractivity contribution < 1.29 is 80.2 Å². The van der Waals surface area contributed by atoms with Gasteiger partial charge in [-0.2, -0.15) is 0 Å². The summed E-state index contributed by atoms with van der Waals surface area (Å²) in [6, 6.07) is 0. The lowest BCUT2D eigenvalue weighted by Gasteiger charge is -2.21. The van der Waals surface area contributed by atoms with E-state index in [1.165, 1.54) is 244 Å². The van der Waals surface area contributed by atoms with E-state index in [0.29, 0.717) is 25.7 Å². The topological polar surface area (TPSA) is 237 Å². The third kappa shape index (κ3) is 72.4. The molecule has 0 saturated carbocycles. The van der Waals surface area contributed by atoms with Gasteiger partial charge in [0.1, 0.15) is 19.3 Å². The predicted molar refractivity (Wildman–Crippen MR) is 400 cm³/mol. The number of hydrogen-bond donors (Lipinski definition) is 3. The number of phosphoric ester groups is 2. The number of rotatable bonds is 79.